The highest BCUT2D eigenvalue weighted by Gasteiger charge is 2.16. The minimum absolute atomic E-state index is 0.0685. The second kappa shape index (κ2) is 6.97. The second-order valence-electron chi connectivity index (χ2n) is 3.90. The minimum atomic E-state index is -0.0685. The van der Waals surface area contributed by atoms with E-state index in [-0.39, 0.29) is 6.04 Å². The SMILES string of the molecule is C=CCCCC(N)c1c(OC)cccc1OC. The molecule has 0 saturated heterocycles. The van der Waals surface area contributed by atoms with Crippen LogP contribution in [0.2, 0.25) is 0 Å². The van der Waals surface area contributed by atoms with Gasteiger partial charge in [-0.25, -0.2) is 0 Å². The lowest BCUT2D eigenvalue weighted by atomic mass is 10.00. The summed E-state index contributed by atoms with van der Waals surface area (Å²) in [5.74, 6) is 1.57. The highest BCUT2D eigenvalue weighted by atomic mass is 16.5. The Bertz CT molecular complexity index is 341. The maximum absolute atomic E-state index is 6.19. The maximum Gasteiger partial charge on any atom is 0.127 e. The zero-order valence-electron chi connectivity index (χ0n) is 10.6. The van der Waals surface area contributed by atoms with E-state index in [1.165, 1.54) is 0 Å². The minimum Gasteiger partial charge on any atom is -0.496 e. The van der Waals surface area contributed by atoms with E-state index in [0.717, 1.165) is 36.3 Å². The first kappa shape index (κ1) is 13.6. The lowest BCUT2D eigenvalue weighted by Gasteiger charge is -2.18. The molecule has 1 unspecified atom stereocenters. The zero-order chi connectivity index (χ0) is 12.7. The van der Waals surface area contributed by atoms with Crippen molar-refractivity contribution < 1.29 is 9.47 Å². The van der Waals surface area contributed by atoms with Gasteiger partial charge in [0, 0.05) is 6.04 Å². The molecule has 0 spiro atoms. The van der Waals surface area contributed by atoms with Crippen molar-refractivity contribution >= 4 is 0 Å². The van der Waals surface area contributed by atoms with Crippen LogP contribution >= 0.6 is 0 Å². The van der Waals surface area contributed by atoms with Crippen LogP contribution in [0.3, 0.4) is 0 Å². The Morgan fingerprint density at radius 1 is 1.29 bits per heavy atom. The van der Waals surface area contributed by atoms with E-state index in [0.29, 0.717) is 0 Å². The first-order chi connectivity index (χ1) is 8.24. The maximum atomic E-state index is 6.19. The summed E-state index contributed by atoms with van der Waals surface area (Å²) in [5.41, 5.74) is 7.14. The van der Waals surface area contributed by atoms with Crippen LogP contribution in [0.4, 0.5) is 0 Å². The molecule has 1 atom stereocenters. The standard InChI is InChI=1S/C14H21NO2/c1-4-5-6-8-11(15)14-12(16-2)9-7-10-13(14)17-3/h4,7,9-11H,1,5-6,8,15H2,2-3H3. The smallest absolute Gasteiger partial charge is 0.127 e. The van der Waals surface area contributed by atoms with Crippen LogP contribution in [0.5, 0.6) is 11.5 Å². The summed E-state index contributed by atoms with van der Waals surface area (Å²) in [6.45, 7) is 3.71. The quantitative estimate of drug-likeness (QED) is 0.583. The molecule has 0 aliphatic rings. The number of nitrogens with two attached hydrogens (primary N) is 1. The van der Waals surface area contributed by atoms with Gasteiger partial charge in [0.05, 0.1) is 19.8 Å². The molecule has 0 saturated carbocycles. The molecule has 2 N–H and O–H groups in total. The van der Waals surface area contributed by atoms with E-state index in [1.54, 1.807) is 14.2 Å². The lowest BCUT2D eigenvalue weighted by Crippen LogP contribution is -2.13. The summed E-state index contributed by atoms with van der Waals surface area (Å²) in [6.07, 6.45) is 4.80. The predicted molar refractivity (Wildman–Crippen MR) is 70.5 cm³/mol. The summed E-state index contributed by atoms with van der Waals surface area (Å²) in [7, 11) is 3.30. The number of hydrogen-bond donors (Lipinski definition) is 1. The van der Waals surface area contributed by atoms with E-state index < -0.39 is 0 Å². The number of unbranched alkanes of at least 4 members (excludes halogenated alkanes) is 1. The van der Waals surface area contributed by atoms with Crippen LogP contribution in [-0.4, -0.2) is 14.2 Å². The molecule has 0 amide bonds. The van der Waals surface area contributed by atoms with Gasteiger partial charge >= 0.3 is 0 Å². The van der Waals surface area contributed by atoms with Gasteiger partial charge in [-0.1, -0.05) is 12.1 Å². The number of hydrogen-bond acceptors (Lipinski definition) is 3. The van der Waals surface area contributed by atoms with Crippen molar-refractivity contribution in [2.45, 2.75) is 25.3 Å². The number of methoxy groups -OCH3 is 2. The van der Waals surface area contributed by atoms with Crippen LogP contribution in [-0.2, 0) is 0 Å². The first-order valence-corrected chi connectivity index (χ1v) is 5.82. The fraction of sp³-hybridized carbons (Fsp3) is 0.429. The van der Waals surface area contributed by atoms with Crippen LogP contribution in [0.1, 0.15) is 30.9 Å². The highest BCUT2D eigenvalue weighted by molar-refractivity contribution is 5.46. The molecule has 0 aliphatic carbocycles. The molecule has 1 rings (SSSR count). The zero-order valence-corrected chi connectivity index (χ0v) is 10.6. The average Bonchev–Trinajstić information content (AvgIpc) is 2.37. The summed E-state index contributed by atoms with van der Waals surface area (Å²) in [5, 5.41) is 0. The van der Waals surface area contributed by atoms with Crippen molar-refractivity contribution in [1.29, 1.82) is 0 Å². The molecule has 0 aromatic heterocycles. The number of allylic oxidation sites excluding steroid dienone is 1. The van der Waals surface area contributed by atoms with E-state index in [2.05, 4.69) is 6.58 Å². The Morgan fingerprint density at radius 2 is 1.88 bits per heavy atom. The molecule has 1 aromatic rings. The van der Waals surface area contributed by atoms with E-state index in [4.69, 9.17) is 15.2 Å². The van der Waals surface area contributed by atoms with Crippen molar-refractivity contribution in [3.63, 3.8) is 0 Å². The van der Waals surface area contributed by atoms with Crippen LogP contribution in [0, 0.1) is 0 Å². The van der Waals surface area contributed by atoms with Crippen molar-refractivity contribution in [2.24, 2.45) is 5.73 Å². The molecular formula is C14H21NO2. The third kappa shape index (κ3) is 3.49. The van der Waals surface area contributed by atoms with E-state index in [1.807, 2.05) is 24.3 Å². The Balaban J connectivity index is 2.88. The Hall–Kier alpha value is -1.48. The fourth-order valence-corrected chi connectivity index (χ4v) is 1.87. The van der Waals surface area contributed by atoms with Gasteiger partial charge in [-0.15, -0.1) is 6.58 Å². The molecular weight excluding hydrogens is 214 g/mol. The van der Waals surface area contributed by atoms with Gasteiger partial charge in [-0.05, 0) is 31.4 Å². The summed E-state index contributed by atoms with van der Waals surface area (Å²) >= 11 is 0. The molecule has 0 heterocycles. The van der Waals surface area contributed by atoms with Crippen molar-refractivity contribution in [3.8, 4) is 11.5 Å². The van der Waals surface area contributed by atoms with Gasteiger partial charge in [0.2, 0.25) is 0 Å². The molecule has 0 aliphatic heterocycles. The Kier molecular flexibility index (Phi) is 5.57. The summed E-state index contributed by atoms with van der Waals surface area (Å²) in [6, 6.07) is 5.65. The van der Waals surface area contributed by atoms with Gasteiger partial charge < -0.3 is 15.2 Å². The number of rotatable bonds is 7. The fourth-order valence-electron chi connectivity index (χ4n) is 1.87. The van der Waals surface area contributed by atoms with Crippen LogP contribution in [0.25, 0.3) is 0 Å². The molecule has 0 radical (unpaired) electrons. The first-order valence-electron chi connectivity index (χ1n) is 5.82. The topological polar surface area (TPSA) is 44.5 Å². The average molecular weight is 235 g/mol. The van der Waals surface area contributed by atoms with E-state index in [9.17, 15) is 0 Å². The molecule has 17 heavy (non-hydrogen) atoms. The molecule has 1 aromatic carbocycles. The van der Waals surface area contributed by atoms with E-state index >= 15 is 0 Å². The molecule has 3 nitrogen and oxygen atoms in total. The largest absolute Gasteiger partial charge is 0.496 e. The normalized spacial score (nSPS) is 11.9. The predicted octanol–water partition coefficient (Wildman–Crippen LogP) is 3.06. The third-order valence-electron chi connectivity index (χ3n) is 2.76. The highest BCUT2D eigenvalue weighted by Crippen LogP contribution is 2.34. The van der Waals surface area contributed by atoms with Gasteiger partial charge in [0.25, 0.3) is 0 Å². The lowest BCUT2D eigenvalue weighted by molar-refractivity contribution is 0.376. The third-order valence-corrected chi connectivity index (χ3v) is 2.76. The van der Waals surface area contributed by atoms with Gasteiger partial charge in [-0.3, -0.25) is 0 Å². The summed E-state index contributed by atoms with van der Waals surface area (Å²) in [4.78, 5) is 0. The van der Waals surface area contributed by atoms with Gasteiger partial charge in [-0.2, -0.15) is 0 Å². The molecule has 3 heteroatoms. The van der Waals surface area contributed by atoms with Crippen molar-refractivity contribution in [3.05, 3.63) is 36.4 Å². The molecule has 0 fully saturated rings. The Labute approximate surface area is 103 Å². The molecule has 94 valence electrons. The Morgan fingerprint density at radius 3 is 2.35 bits per heavy atom. The summed E-state index contributed by atoms with van der Waals surface area (Å²) < 4.78 is 10.7. The number of benzene rings is 1. The van der Waals surface area contributed by atoms with Crippen LogP contribution in [0.15, 0.2) is 30.9 Å². The molecule has 0 bridgehead atoms. The van der Waals surface area contributed by atoms with Crippen molar-refractivity contribution in [2.75, 3.05) is 14.2 Å². The van der Waals surface area contributed by atoms with Gasteiger partial charge in [0.15, 0.2) is 0 Å². The second-order valence-corrected chi connectivity index (χ2v) is 3.90. The van der Waals surface area contributed by atoms with Crippen molar-refractivity contribution in [1.82, 2.24) is 0 Å². The number of ether oxygens (including phenoxy) is 2. The monoisotopic (exact) mass is 235 g/mol. The van der Waals surface area contributed by atoms with Crippen LogP contribution < -0.4 is 15.2 Å². The van der Waals surface area contributed by atoms with Gasteiger partial charge in [0.1, 0.15) is 11.5 Å².